The van der Waals surface area contributed by atoms with Gasteiger partial charge < -0.3 is 5.32 Å². The Kier molecular flexibility index (Phi) is 6.09. The van der Waals surface area contributed by atoms with E-state index in [1.54, 1.807) is 43.5 Å². The number of carbonyl (C=O) groups is 1. The van der Waals surface area contributed by atoms with Gasteiger partial charge in [-0.15, -0.1) is 11.3 Å². The average Bonchev–Trinajstić information content (AvgIpc) is 3.54. The van der Waals surface area contributed by atoms with Crippen LogP contribution in [0.4, 0.5) is 11.6 Å². The van der Waals surface area contributed by atoms with Gasteiger partial charge in [0, 0.05) is 43.2 Å². The molecule has 0 saturated carbocycles. The van der Waals surface area contributed by atoms with Crippen LogP contribution < -0.4 is 10.0 Å². The summed E-state index contributed by atoms with van der Waals surface area (Å²) < 4.78 is 29.2. The lowest BCUT2D eigenvalue weighted by atomic mass is 10.0. The van der Waals surface area contributed by atoms with Crippen molar-refractivity contribution < 1.29 is 13.2 Å². The Bertz CT molecular complexity index is 1930. The van der Waals surface area contributed by atoms with Crippen molar-refractivity contribution in [2.75, 3.05) is 10.0 Å². The van der Waals surface area contributed by atoms with Gasteiger partial charge in [0.2, 0.25) is 5.95 Å². The fourth-order valence-corrected chi connectivity index (χ4v) is 6.40. The molecular formula is C28H22N6O3S2. The number of H-pyrrole nitrogens is 1. The van der Waals surface area contributed by atoms with Crippen molar-refractivity contribution in [1.29, 1.82) is 0 Å². The van der Waals surface area contributed by atoms with Crippen LogP contribution in [0.15, 0.2) is 83.9 Å². The van der Waals surface area contributed by atoms with Crippen LogP contribution in [-0.4, -0.2) is 34.5 Å². The Labute approximate surface area is 228 Å². The highest BCUT2D eigenvalue weighted by Gasteiger charge is 2.18. The first kappa shape index (κ1) is 24.7. The lowest BCUT2D eigenvalue weighted by Gasteiger charge is -2.10. The van der Waals surface area contributed by atoms with Crippen molar-refractivity contribution in [2.45, 2.75) is 18.7 Å². The van der Waals surface area contributed by atoms with Crippen LogP contribution in [-0.2, 0) is 10.0 Å². The summed E-state index contributed by atoms with van der Waals surface area (Å²) in [6.07, 6.45) is 1.69. The molecule has 0 fully saturated rings. The quantitative estimate of drug-likeness (QED) is 0.235. The third-order valence-corrected chi connectivity index (χ3v) is 8.63. The van der Waals surface area contributed by atoms with E-state index >= 15 is 0 Å². The number of hydrogen-bond donors (Lipinski definition) is 3. The molecule has 1 amide bonds. The molecule has 6 rings (SSSR count). The van der Waals surface area contributed by atoms with E-state index in [-0.39, 0.29) is 16.8 Å². The smallest absolute Gasteiger partial charge is 0.264 e. The fourth-order valence-electron chi connectivity index (χ4n) is 4.37. The van der Waals surface area contributed by atoms with Gasteiger partial charge in [-0.25, -0.2) is 23.1 Å². The number of nitrogens with zero attached hydrogens (tertiary/aromatic N) is 3. The van der Waals surface area contributed by atoms with Crippen LogP contribution in [0.2, 0.25) is 0 Å². The molecule has 0 bridgehead atoms. The molecule has 0 spiro atoms. The summed E-state index contributed by atoms with van der Waals surface area (Å²) in [6.45, 7) is 3.53. The molecule has 0 radical (unpaired) electrons. The Morgan fingerprint density at radius 3 is 2.38 bits per heavy atom. The van der Waals surface area contributed by atoms with E-state index in [4.69, 9.17) is 0 Å². The van der Waals surface area contributed by atoms with Gasteiger partial charge in [-0.2, -0.15) is 5.10 Å². The number of aryl methyl sites for hydroxylation is 2. The monoisotopic (exact) mass is 554 g/mol. The highest BCUT2D eigenvalue weighted by atomic mass is 32.2. The summed E-state index contributed by atoms with van der Waals surface area (Å²) in [5, 5.41) is 12.0. The third-order valence-electron chi connectivity index (χ3n) is 6.13. The van der Waals surface area contributed by atoms with Gasteiger partial charge in [-0.05, 0) is 73.8 Å². The molecule has 6 aromatic rings. The molecule has 3 aromatic carbocycles. The van der Waals surface area contributed by atoms with E-state index in [0.29, 0.717) is 22.6 Å². The number of nitrogens with one attached hydrogen (secondary N) is 3. The molecule has 0 aliphatic rings. The molecule has 0 saturated heterocycles. The van der Waals surface area contributed by atoms with Crippen molar-refractivity contribution in [3.63, 3.8) is 0 Å². The second kappa shape index (κ2) is 9.61. The lowest BCUT2D eigenvalue weighted by molar-refractivity contribution is 0.102. The molecule has 0 atom stereocenters. The average molecular weight is 555 g/mol. The number of carbonyl (C=O) groups excluding carboxylic acids is 1. The molecule has 0 aliphatic heterocycles. The van der Waals surface area contributed by atoms with Crippen LogP contribution in [0.1, 0.15) is 21.7 Å². The molecule has 3 heterocycles. The predicted molar refractivity (Wildman–Crippen MR) is 154 cm³/mol. The second-order valence-electron chi connectivity index (χ2n) is 9.06. The van der Waals surface area contributed by atoms with Gasteiger partial charge in [0.15, 0.2) is 0 Å². The van der Waals surface area contributed by atoms with Crippen LogP contribution in [0, 0.1) is 13.8 Å². The SMILES string of the molecule is Cc1cc(C)nc(NS(=O)(=O)c2ccc(NC(=O)c3cc(-c4cc5ccccc5s4)c4[nH]ncc4c3)cc2)n1. The Morgan fingerprint density at radius 2 is 1.64 bits per heavy atom. The minimum absolute atomic E-state index is 0.00830. The maximum atomic E-state index is 13.2. The van der Waals surface area contributed by atoms with Gasteiger partial charge in [0.1, 0.15) is 0 Å². The van der Waals surface area contributed by atoms with E-state index in [1.165, 1.54) is 24.3 Å². The summed E-state index contributed by atoms with van der Waals surface area (Å²) in [6, 6.07) is 21.5. The number of thiophene rings is 1. The predicted octanol–water partition coefficient (Wildman–Crippen LogP) is 5.90. The number of rotatable bonds is 6. The molecule has 9 nitrogen and oxygen atoms in total. The van der Waals surface area contributed by atoms with Gasteiger partial charge in [-0.3, -0.25) is 9.89 Å². The molecule has 0 aliphatic carbocycles. The van der Waals surface area contributed by atoms with Crippen molar-refractivity contribution in [1.82, 2.24) is 20.2 Å². The number of hydrogen-bond acceptors (Lipinski definition) is 7. The zero-order valence-electron chi connectivity index (χ0n) is 20.9. The largest absolute Gasteiger partial charge is 0.322 e. The first-order valence-corrected chi connectivity index (χ1v) is 14.3. The minimum Gasteiger partial charge on any atom is -0.322 e. The number of sulfonamides is 1. The number of benzene rings is 3. The Balaban J connectivity index is 1.25. The number of aromatic nitrogens is 4. The van der Waals surface area contributed by atoms with Crippen molar-refractivity contribution in [2.24, 2.45) is 0 Å². The van der Waals surface area contributed by atoms with Gasteiger partial charge in [0.25, 0.3) is 15.9 Å². The highest BCUT2D eigenvalue weighted by molar-refractivity contribution is 7.92. The number of amides is 1. The first-order chi connectivity index (χ1) is 18.7. The highest BCUT2D eigenvalue weighted by Crippen LogP contribution is 2.37. The van der Waals surface area contributed by atoms with Crippen molar-refractivity contribution >= 4 is 59.9 Å². The zero-order chi connectivity index (χ0) is 27.1. The van der Waals surface area contributed by atoms with Gasteiger partial charge in [-0.1, -0.05) is 18.2 Å². The summed E-state index contributed by atoms with van der Waals surface area (Å²) in [4.78, 5) is 22.5. The summed E-state index contributed by atoms with van der Waals surface area (Å²) in [5.74, 6) is -0.313. The maximum Gasteiger partial charge on any atom is 0.264 e. The third kappa shape index (κ3) is 4.97. The second-order valence-corrected chi connectivity index (χ2v) is 11.8. The molecule has 3 N–H and O–H groups in total. The van der Waals surface area contributed by atoms with Gasteiger partial charge >= 0.3 is 0 Å². The van der Waals surface area contributed by atoms with Crippen LogP contribution >= 0.6 is 11.3 Å². The van der Waals surface area contributed by atoms with E-state index in [1.807, 2.05) is 18.2 Å². The summed E-state index contributed by atoms with van der Waals surface area (Å²) in [5.41, 5.74) is 3.97. The topological polar surface area (TPSA) is 130 Å². The Morgan fingerprint density at radius 1 is 0.897 bits per heavy atom. The molecule has 11 heteroatoms. The molecule has 3 aromatic heterocycles. The summed E-state index contributed by atoms with van der Waals surface area (Å²) in [7, 11) is -3.91. The Hall–Kier alpha value is -4.61. The number of anilines is 2. The number of fused-ring (bicyclic) bond motifs is 2. The van der Waals surface area contributed by atoms with Gasteiger partial charge in [0.05, 0.1) is 16.6 Å². The minimum atomic E-state index is -3.91. The first-order valence-electron chi connectivity index (χ1n) is 12.0. The van der Waals surface area contributed by atoms with Crippen molar-refractivity contribution in [3.8, 4) is 10.4 Å². The normalized spacial score (nSPS) is 11.6. The molecule has 39 heavy (non-hydrogen) atoms. The van der Waals surface area contributed by atoms with E-state index < -0.39 is 10.0 Å². The lowest BCUT2D eigenvalue weighted by Crippen LogP contribution is -2.16. The number of aromatic amines is 1. The summed E-state index contributed by atoms with van der Waals surface area (Å²) >= 11 is 1.65. The fraction of sp³-hybridized carbons (Fsp3) is 0.0714. The van der Waals surface area contributed by atoms with E-state index in [0.717, 1.165) is 31.4 Å². The molecule has 0 unspecified atom stereocenters. The van der Waals surface area contributed by atoms with Crippen molar-refractivity contribution in [3.05, 3.63) is 95.9 Å². The van der Waals surface area contributed by atoms with Crippen LogP contribution in [0.3, 0.4) is 0 Å². The van der Waals surface area contributed by atoms with Crippen LogP contribution in [0.25, 0.3) is 31.4 Å². The standard InChI is InChI=1S/C28H22N6O3S2/c1-16-11-17(2)31-28(30-16)34-39(36,37)22-9-7-21(8-10-22)32-27(35)19-12-20-15-29-33-26(20)23(13-19)25-14-18-5-3-4-6-24(18)38-25/h3-15H,1-2H3,(H,29,33)(H,32,35)(H,30,31,34). The van der Waals surface area contributed by atoms with E-state index in [9.17, 15) is 13.2 Å². The molecule has 194 valence electrons. The van der Waals surface area contributed by atoms with E-state index in [2.05, 4.69) is 48.4 Å². The molecular weight excluding hydrogens is 532 g/mol. The van der Waals surface area contributed by atoms with Crippen LogP contribution in [0.5, 0.6) is 0 Å². The zero-order valence-corrected chi connectivity index (χ0v) is 22.5. The maximum absolute atomic E-state index is 13.2.